The van der Waals surface area contributed by atoms with Crippen molar-refractivity contribution in [2.45, 2.75) is 90.9 Å². The lowest BCUT2D eigenvalue weighted by atomic mass is 10.1. The van der Waals surface area contributed by atoms with Crippen LogP contribution in [0.25, 0.3) is 0 Å². The van der Waals surface area contributed by atoms with E-state index in [1.807, 2.05) is 12.1 Å². The van der Waals surface area contributed by atoms with Crippen molar-refractivity contribution >= 4 is 5.97 Å². The third-order valence-electron chi connectivity index (χ3n) is 5.45. The summed E-state index contributed by atoms with van der Waals surface area (Å²) < 4.78 is 38.3. The Morgan fingerprint density at radius 3 is 2.09 bits per heavy atom. The van der Waals surface area contributed by atoms with Crippen LogP contribution in [0.5, 0.6) is 0 Å². The summed E-state index contributed by atoms with van der Waals surface area (Å²) in [4.78, 5) is 21.1. The van der Waals surface area contributed by atoms with Crippen LogP contribution in [0, 0.1) is 11.8 Å². The molecule has 7 heteroatoms. The van der Waals surface area contributed by atoms with Gasteiger partial charge in [-0.15, -0.1) is 5.06 Å². The predicted molar refractivity (Wildman–Crippen MR) is 131 cm³/mol. The molecule has 0 bridgehead atoms. The number of pyridine rings is 1. The number of carbonyl (C=O) groups excluding carboxylic acids is 1. The largest absolute Gasteiger partial charge is 0.416 e. The Hall–Kier alpha value is -2.85. The minimum Gasteiger partial charge on any atom is -0.368 e. The summed E-state index contributed by atoms with van der Waals surface area (Å²) in [6.07, 6.45) is 8.28. The maximum atomic E-state index is 12.8. The molecule has 0 atom stereocenters. The number of nitrogens with zero attached hydrogens (tertiary/aromatic N) is 2. The van der Waals surface area contributed by atoms with Gasteiger partial charge in [0.1, 0.15) is 5.69 Å². The van der Waals surface area contributed by atoms with Crippen LogP contribution in [0.15, 0.2) is 42.6 Å². The molecule has 1 aromatic carbocycles. The van der Waals surface area contributed by atoms with Crippen molar-refractivity contribution in [1.82, 2.24) is 10.0 Å². The van der Waals surface area contributed by atoms with E-state index in [2.05, 4.69) is 23.7 Å². The lowest BCUT2D eigenvalue weighted by Gasteiger charge is -2.20. The van der Waals surface area contributed by atoms with Crippen molar-refractivity contribution in [3.63, 3.8) is 0 Å². The van der Waals surface area contributed by atoms with E-state index in [-0.39, 0.29) is 13.1 Å². The summed E-state index contributed by atoms with van der Waals surface area (Å²) in [6.45, 7) is 3.91. The van der Waals surface area contributed by atoms with Gasteiger partial charge >= 0.3 is 12.1 Å². The number of rotatable bonds is 13. The molecule has 2 aromatic rings. The average Bonchev–Trinajstić information content (AvgIpc) is 2.80. The van der Waals surface area contributed by atoms with Gasteiger partial charge in [-0.25, -0.2) is 4.98 Å². The fourth-order valence-corrected chi connectivity index (χ4v) is 3.60. The van der Waals surface area contributed by atoms with E-state index in [4.69, 9.17) is 4.84 Å². The summed E-state index contributed by atoms with van der Waals surface area (Å²) in [5, 5.41) is 1.40. The second-order valence-electron chi connectivity index (χ2n) is 8.65. The molecule has 0 amide bonds. The smallest absolute Gasteiger partial charge is 0.368 e. The molecule has 0 fully saturated rings. The Morgan fingerprint density at radius 2 is 1.51 bits per heavy atom. The van der Waals surface area contributed by atoms with E-state index in [1.165, 1.54) is 69.1 Å². The number of aromatic nitrogens is 1. The summed E-state index contributed by atoms with van der Waals surface area (Å²) in [6, 6.07) is 8.47. The number of unbranched alkanes of at least 4 members (excludes halogenated alkanes) is 8. The molecule has 0 N–H and O–H groups in total. The monoisotopic (exact) mass is 488 g/mol. The van der Waals surface area contributed by atoms with Gasteiger partial charge < -0.3 is 4.84 Å². The van der Waals surface area contributed by atoms with Crippen LogP contribution in [-0.2, 0) is 28.9 Å². The molecule has 0 aliphatic rings. The highest BCUT2D eigenvalue weighted by atomic mass is 19.4. The van der Waals surface area contributed by atoms with Crippen molar-refractivity contribution in [2.75, 3.05) is 0 Å². The molecule has 0 saturated heterocycles. The van der Waals surface area contributed by atoms with Gasteiger partial charge in [-0.2, -0.15) is 13.2 Å². The zero-order valence-electron chi connectivity index (χ0n) is 20.7. The first-order valence-corrected chi connectivity index (χ1v) is 12.3. The van der Waals surface area contributed by atoms with Gasteiger partial charge in [0.25, 0.3) is 0 Å². The van der Waals surface area contributed by atoms with Crippen molar-refractivity contribution in [3.05, 3.63) is 65.0 Å². The number of hydrogen-bond donors (Lipinski definition) is 0. The van der Waals surface area contributed by atoms with Gasteiger partial charge in [0.2, 0.25) is 0 Å². The summed E-state index contributed by atoms with van der Waals surface area (Å²) >= 11 is 0. The molecule has 0 saturated carbocycles. The molecule has 0 aliphatic heterocycles. The lowest BCUT2D eigenvalue weighted by molar-refractivity contribution is -0.194. The fourth-order valence-electron chi connectivity index (χ4n) is 3.60. The Labute approximate surface area is 206 Å². The van der Waals surface area contributed by atoms with Gasteiger partial charge in [0.05, 0.1) is 18.7 Å². The topological polar surface area (TPSA) is 42.4 Å². The molecule has 35 heavy (non-hydrogen) atoms. The van der Waals surface area contributed by atoms with Gasteiger partial charge in [0.15, 0.2) is 0 Å². The molecule has 1 heterocycles. The van der Waals surface area contributed by atoms with E-state index in [0.717, 1.165) is 30.5 Å². The second kappa shape index (κ2) is 15.2. The van der Waals surface area contributed by atoms with Crippen molar-refractivity contribution < 1.29 is 22.8 Å². The van der Waals surface area contributed by atoms with Gasteiger partial charge in [-0.3, -0.25) is 4.79 Å². The highest BCUT2D eigenvalue weighted by molar-refractivity contribution is 5.65. The number of hydrogen-bond acceptors (Lipinski definition) is 4. The van der Waals surface area contributed by atoms with Crippen LogP contribution in [0.1, 0.15) is 94.0 Å². The van der Waals surface area contributed by atoms with Crippen LogP contribution in [0.3, 0.4) is 0 Å². The zero-order valence-corrected chi connectivity index (χ0v) is 20.7. The average molecular weight is 489 g/mol. The van der Waals surface area contributed by atoms with E-state index >= 15 is 0 Å². The molecule has 190 valence electrons. The summed E-state index contributed by atoms with van der Waals surface area (Å²) in [5.74, 6) is 5.75. The summed E-state index contributed by atoms with van der Waals surface area (Å²) in [7, 11) is 0. The number of alkyl halides is 3. The molecule has 1 aromatic heterocycles. The Bertz CT molecular complexity index is 945. The van der Waals surface area contributed by atoms with E-state index in [1.54, 1.807) is 6.20 Å². The molecule has 0 radical (unpaired) electrons. The number of hydroxylamine groups is 2. The van der Waals surface area contributed by atoms with E-state index in [0.29, 0.717) is 11.3 Å². The Balaban J connectivity index is 1.82. The van der Waals surface area contributed by atoms with Crippen LogP contribution in [0.4, 0.5) is 13.2 Å². The van der Waals surface area contributed by atoms with Crippen LogP contribution in [-0.4, -0.2) is 16.0 Å². The number of carbonyl (C=O) groups is 1. The SMILES string of the molecule is CCCCCCCCCCC#Cc1ccc(CN(Cc2ccc(C(F)(F)F)cc2)OC(C)=O)cn1. The molecular weight excluding hydrogens is 453 g/mol. The molecule has 0 unspecified atom stereocenters. The first-order chi connectivity index (χ1) is 16.8. The lowest BCUT2D eigenvalue weighted by Crippen LogP contribution is -2.25. The van der Waals surface area contributed by atoms with Crippen molar-refractivity contribution in [2.24, 2.45) is 0 Å². The van der Waals surface area contributed by atoms with E-state index in [9.17, 15) is 18.0 Å². The van der Waals surface area contributed by atoms with Crippen molar-refractivity contribution in [1.29, 1.82) is 0 Å². The van der Waals surface area contributed by atoms with Crippen LogP contribution < -0.4 is 0 Å². The first-order valence-electron chi connectivity index (χ1n) is 12.3. The number of benzene rings is 1. The highest BCUT2D eigenvalue weighted by Gasteiger charge is 2.30. The normalized spacial score (nSPS) is 11.3. The fraction of sp³-hybridized carbons (Fsp3) is 0.500. The second-order valence-corrected chi connectivity index (χ2v) is 8.65. The van der Waals surface area contributed by atoms with Crippen LogP contribution >= 0.6 is 0 Å². The van der Waals surface area contributed by atoms with Gasteiger partial charge in [-0.05, 0) is 41.7 Å². The minimum atomic E-state index is -4.39. The van der Waals surface area contributed by atoms with E-state index < -0.39 is 17.7 Å². The minimum absolute atomic E-state index is 0.151. The molecule has 0 spiro atoms. The van der Waals surface area contributed by atoms with Gasteiger partial charge in [0, 0.05) is 19.5 Å². The standard InChI is InChI=1S/C28H35F3N2O2/c1-3-4-5-6-7-8-9-10-11-12-13-27-19-16-25(20-32-27)22-33(35-23(2)34)21-24-14-17-26(18-15-24)28(29,30)31/h14-20H,3-11,21-22H2,1-2H3. The zero-order chi connectivity index (χ0) is 25.5. The molecule has 2 rings (SSSR count). The van der Waals surface area contributed by atoms with Crippen LogP contribution in [0.2, 0.25) is 0 Å². The number of halogens is 3. The van der Waals surface area contributed by atoms with Crippen molar-refractivity contribution in [3.8, 4) is 11.8 Å². The quantitative estimate of drug-likeness (QED) is 0.167. The molecular formula is C28H35F3N2O2. The first kappa shape index (κ1) is 28.4. The third kappa shape index (κ3) is 11.9. The molecule has 4 nitrogen and oxygen atoms in total. The highest BCUT2D eigenvalue weighted by Crippen LogP contribution is 2.29. The third-order valence-corrected chi connectivity index (χ3v) is 5.45. The molecule has 0 aliphatic carbocycles. The van der Waals surface area contributed by atoms with Gasteiger partial charge in [-0.1, -0.05) is 76.0 Å². The Kier molecular flexibility index (Phi) is 12.3. The maximum absolute atomic E-state index is 12.8. The summed E-state index contributed by atoms with van der Waals surface area (Å²) in [5.41, 5.74) is 1.35. The maximum Gasteiger partial charge on any atom is 0.416 e. The Morgan fingerprint density at radius 1 is 0.914 bits per heavy atom. The predicted octanol–water partition coefficient (Wildman–Crippen LogP) is 7.46.